The second-order valence-corrected chi connectivity index (χ2v) is 8.81. The molecule has 0 atom stereocenters. The van der Waals surface area contributed by atoms with E-state index >= 15 is 4.39 Å². The number of nitrogens with one attached hydrogen (secondary N) is 2. The number of anilines is 3. The lowest BCUT2D eigenvalue weighted by atomic mass is 10.0. The minimum absolute atomic E-state index is 0.0878. The van der Waals surface area contributed by atoms with E-state index < -0.39 is 11.8 Å². The van der Waals surface area contributed by atoms with Gasteiger partial charge in [0.25, 0.3) is 0 Å². The summed E-state index contributed by atoms with van der Waals surface area (Å²) in [4.78, 5) is 20.7. The first kappa shape index (κ1) is 23.7. The molecule has 0 fully saturated rings. The van der Waals surface area contributed by atoms with Crippen LogP contribution in [0.3, 0.4) is 0 Å². The Morgan fingerprint density at radius 3 is 2.37 bits per heavy atom. The number of urea groups is 1. The van der Waals surface area contributed by atoms with Crippen molar-refractivity contribution in [3.63, 3.8) is 0 Å². The Balaban J connectivity index is 1.67. The summed E-state index contributed by atoms with van der Waals surface area (Å²) in [7, 11) is 1.57. The molecule has 0 radical (unpaired) electrons. The number of amides is 2. The molecule has 180 valence electrons. The Kier molecular flexibility index (Phi) is 6.37. The van der Waals surface area contributed by atoms with Crippen LogP contribution in [0.5, 0.6) is 5.75 Å². The van der Waals surface area contributed by atoms with Crippen LogP contribution in [0.15, 0.2) is 60.9 Å². The van der Waals surface area contributed by atoms with Gasteiger partial charge in [0.15, 0.2) is 0 Å². The van der Waals surface area contributed by atoms with E-state index in [1.807, 2.05) is 20.8 Å². The van der Waals surface area contributed by atoms with Gasteiger partial charge < -0.3 is 21.1 Å². The van der Waals surface area contributed by atoms with Crippen LogP contribution in [0.2, 0.25) is 0 Å². The number of hydrogen-bond acceptors (Lipinski definition) is 6. The molecule has 0 saturated heterocycles. The average Bonchev–Trinajstić information content (AvgIpc) is 3.27. The number of nitrogen functional groups attached to an aromatic ring is 1. The number of ether oxygens (including phenoxy) is 1. The smallest absolute Gasteiger partial charge is 0.323 e. The molecule has 0 aliphatic heterocycles. The monoisotopic (exact) mass is 475 g/mol. The van der Waals surface area contributed by atoms with E-state index in [-0.39, 0.29) is 17.1 Å². The fraction of sp³-hybridized carbons (Fsp3) is 0.200. The molecule has 35 heavy (non-hydrogen) atoms. The maximum Gasteiger partial charge on any atom is 0.323 e. The van der Waals surface area contributed by atoms with Crippen molar-refractivity contribution < 1.29 is 13.9 Å². The third-order valence-electron chi connectivity index (χ3n) is 5.18. The Labute approximate surface area is 202 Å². The fourth-order valence-corrected chi connectivity index (χ4v) is 3.39. The lowest BCUT2D eigenvalue weighted by molar-refractivity contribution is 0.262. The molecule has 4 aromatic rings. The Bertz CT molecular complexity index is 1360. The highest BCUT2D eigenvalue weighted by Gasteiger charge is 2.23. The third kappa shape index (κ3) is 5.37. The Morgan fingerprint density at radius 2 is 1.71 bits per heavy atom. The summed E-state index contributed by atoms with van der Waals surface area (Å²) < 4.78 is 21.9. The highest BCUT2D eigenvalue weighted by Crippen LogP contribution is 2.35. The SMILES string of the molecule is COc1ccc(NC(=O)Nc2ccc(F)c(-c3cn(C(C)(C)C)nc3-c3ccnc(N)n3)c2)cc1. The summed E-state index contributed by atoms with van der Waals surface area (Å²) in [6, 6.07) is 12.4. The number of methoxy groups -OCH3 is 1. The van der Waals surface area contributed by atoms with Gasteiger partial charge in [-0.1, -0.05) is 0 Å². The Morgan fingerprint density at radius 1 is 1.03 bits per heavy atom. The van der Waals surface area contributed by atoms with E-state index in [1.165, 1.54) is 18.3 Å². The van der Waals surface area contributed by atoms with Crippen LogP contribution in [0.4, 0.5) is 26.5 Å². The number of hydrogen-bond donors (Lipinski definition) is 3. The van der Waals surface area contributed by atoms with Gasteiger partial charge in [-0.25, -0.2) is 19.2 Å². The first-order valence-corrected chi connectivity index (χ1v) is 10.8. The van der Waals surface area contributed by atoms with Crippen molar-refractivity contribution in [3.8, 4) is 28.3 Å². The molecule has 0 unspecified atom stereocenters. The van der Waals surface area contributed by atoms with Gasteiger partial charge in [0, 0.05) is 34.9 Å². The highest BCUT2D eigenvalue weighted by molar-refractivity contribution is 6.00. The minimum atomic E-state index is -0.470. The van der Waals surface area contributed by atoms with E-state index in [4.69, 9.17) is 10.5 Å². The van der Waals surface area contributed by atoms with Crippen LogP contribution in [-0.2, 0) is 5.54 Å². The Hall–Kier alpha value is -4.47. The van der Waals surface area contributed by atoms with Gasteiger partial charge in [0.1, 0.15) is 17.3 Å². The van der Waals surface area contributed by atoms with Crippen LogP contribution >= 0.6 is 0 Å². The van der Waals surface area contributed by atoms with Crippen molar-refractivity contribution >= 4 is 23.4 Å². The summed E-state index contributed by atoms with van der Waals surface area (Å²) in [6.45, 7) is 5.96. The minimum Gasteiger partial charge on any atom is -0.497 e. The maximum atomic E-state index is 15.1. The summed E-state index contributed by atoms with van der Waals surface area (Å²) in [5.41, 5.74) is 8.08. The zero-order chi connectivity index (χ0) is 25.2. The zero-order valence-electron chi connectivity index (χ0n) is 19.8. The standard InChI is InChI=1S/C25H26FN7O2/c1-25(2,3)33-14-19(22(32-33)21-11-12-28-23(27)31-21)18-13-16(7-10-20(18)26)30-24(34)29-15-5-8-17(35-4)9-6-15/h5-14H,1-4H3,(H2,27,28,31)(H2,29,30,34). The van der Waals surface area contributed by atoms with Crippen molar-refractivity contribution in [3.05, 3.63) is 66.7 Å². The van der Waals surface area contributed by atoms with E-state index in [1.54, 1.807) is 54.4 Å². The third-order valence-corrected chi connectivity index (χ3v) is 5.18. The predicted molar refractivity (Wildman–Crippen MR) is 134 cm³/mol. The van der Waals surface area contributed by atoms with Gasteiger partial charge in [0.05, 0.1) is 18.3 Å². The largest absolute Gasteiger partial charge is 0.497 e. The molecule has 0 spiro atoms. The lowest BCUT2D eigenvalue weighted by Gasteiger charge is -2.18. The zero-order valence-corrected chi connectivity index (χ0v) is 19.8. The molecule has 2 aromatic carbocycles. The van der Waals surface area contributed by atoms with Crippen molar-refractivity contribution in [1.82, 2.24) is 19.7 Å². The molecule has 0 aliphatic carbocycles. The number of rotatable bonds is 5. The molecule has 10 heteroatoms. The molecule has 2 aromatic heterocycles. The number of benzene rings is 2. The molecule has 2 amide bonds. The number of halogens is 1. The second kappa shape index (κ2) is 9.41. The van der Waals surface area contributed by atoms with E-state index in [0.29, 0.717) is 34.1 Å². The van der Waals surface area contributed by atoms with Gasteiger partial charge in [0.2, 0.25) is 5.95 Å². The molecule has 0 bridgehead atoms. The predicted octanol–water partition coefficient (Wildman–Crippen LogP) is 5.14. The van der Waals surface area contributed by atoms with Crippen molar-refractivity contribution in [2.75, 3.05) is 23.5 Å². The number of carbonyl (C=O) groups excluding carboxylic acids is 1. The lowest BCUT2D eigenvalue weighted by Crippen LogP contribution is -2.22. The van der Waals surface area contributed by atoms with E-state index in [9.17, 15) is 4.79 Å². The number of nitrogens with zero attached hydrogens (tertiary/aromatic N) is 4. The maximum absolute atomic E-state index is 15.1. The topological polar surface area (TPSA) is 120 Å². The summed E-state index contributed by atoms with van der Waals surface area (Å²) in [6.07, 6.45) is 3.28. The molecule has 2 heterocycles. The van der Waals surface area contributed by atoms with Crippen LogP contribution in [0.1, 0.15) is 20.8 Å². The van der Waals surface area contributed by atoms with Crippen LogP contribution in [0, 0.1) is 5.82 Å². The molecule has 4 rings (SSSR count). The summed E-state index contributed by atoms with van der Waals surface area (Å²) in [5, 5.41) is 10.1. The first-order valence-electron chi connectivity index (χ1n) is 10.8. The van der Waals surface area contributed by atoms with Crippen LogP contribution < -0.4 is 21.1 Å². The normalized spacial score (nSPS) is 11.2. The van der Waals surface area contributed by atoms with Gasteiger partial charge in [-0.05, 0) is 69.3 Å². The van der Waals surface area contributed by atoms with Crippen LogP contribution in [-0.4, -0.2) is 32.9 Å². The molecule has 9 nitrogen and oxygen atoms in total. The van der Waals surface area contributed by atoms with Gasteiger partial charge in [-0.2, -0.15) is 5.10 Å². The van der Waals surface area contributed by atoms with Crippen LogP contribution in [0.25, 0.3) is 22.5 Å². The van der Waals surface area contributed by atoms with E-state index in [0.717, 1.165) is 0 Å². The van der Waals surface area contributed by atoms with E-state index in [2.05, 4.69) is 25.7 Å². The molecule has 4 N–H and O–H groups in total. The quantitative estimate of drug-likeness (QED) is 0.368. The molecular formula is C25H26FN7O2. The number of carbonyl (C=O) groups is 1. The van der Waals surface area contributed by atoms with Gasteiger partial charge in [-0.3, -0.25) is 4.68 Å². The van der Waals surface area contributed by atoms with Gasteiger partial charge in [-0.15, -0.1) is 0 Å². The summed E-state index contributed by atoms with van der Waals surface area (Å²) in [5.74, 6) is 0.295. The van der Waals surface area contributed by atoms with Crippen molar-refractivity contribution in [2.24, 2.45) is 0 Å². The van der Waals surface area contributed by atoms with Gasteiger partial charge >= 0.3 is 6.03 Å². The first-order chi connectivity index (χ1) is 16.6. The second-order valence-electron chi connectivity index (χ2n) is 8.81. The molecule has 0 aliphatic rings. The fourth-order valence-electron chi connectivity index (χ4n) is 3.39. The average molecular weight is 476 g/mol. The van der Waals surface area contributed by atoms with Crippen molar-refractivity contribution in [2.45, 2.75) is 26.3 Å². The number of nitrogens with two attached hydrogens (primary N) is 1. The molecule has 0 saturated carbocycles. The molecular weight excluding hydrogens is 449 g/mol. The van der Waals surface area contributed by atoms with Crippen molar-refractivity contribution in [1.29, 1.82) is 0 Å². The number of aromatic nitrogens is 4. The highest BCUT2D eigenvalue weighted by atomic mass is 19.1. The summed E-state index contributed by atoms with van der Waals surface area (Å²) >= 11 is 0.